The van der Waals surface area contributed by atoms with E-state index < -0.39 is 28.5 Å². The van der Waals surface area contributed by atoms with Crippen molar-refractivity contribution in [3.63, 3.8) is 0 Å². The normalized spacial score (nSPS) is 14.5. The van der Waals surface area contributed by atoms with Gasteiger partial charge in [-0.1, -0.05) is 74.7 Å². The van der Waals surface area contributed by atoms with E-state index in [-0.39, 0.29) is 29.1 Å². The molecule has 0 saturated heterocycles. The molecular weight excluding hydrogens is 562 g/mol. The minimum atomic E-state index is -4.18. The van der Waals surface area contributed by atoms with E-state index >= 15 is 0 Å². The van der Waals surface area contributed by atoms with Crippen molar-refractivity contribution in [2.45, 2.75) is 82.8 Å². The van der Waals surface area contributed by atoms with Gasteiger partial charge in [0.15, 0.2) is 0 Å². The Hall–Kier alpha value is -3.85. The van der Waals surface area contributed by atoms with Gasteiger partial charge in [-0.25, -0.2) is 8.42 Å². The number of carbonyl (C=O) groups excluding carboxylic acids is 2. The molecule has 1 fully saturated rings. The Morgan fingerprint density at radius 3 is 2.28 bits per heavy atom. The number of carbonyl (C=O) groups is 2. The molecule has 1 aliphatic carbocycles. The highest BCUT2D eigenvalue weighted by atomic mass is 32.2. The molecule has 43 heavy (non-hydrogen) atoms. The van der Waals surface area contributed by atoms with E-state index in [9.17, 15) is 18.0 Å². The van der Waals surface area contributed by atoms with Gasteiger partial charge in [0.25, 0.3) is 10.0 Å². The molecule has 1 atom stereocenters. The zero-order valence-electron chi connectivity index (χ0n) is 25.6. The van der Waals surface area contributed by atoms with Crippen molar-refractivity contribution >= 4 is 27.5 Å². The van der Waals surface area contributed by atoms with Crippen LogP contribution >= 0.6 is 0 Å². The van der Waals surface area contributed by atoms with E-state index in [2.05, 4.69) is 5.32 Å². The quantitative estimate of drug-likeness (QED) is 0.283. The van der Waals surface area contributed by atoms with Crippen molar-refractivity contribution in [1.82, 2.24) is 10.2 Å². The maximum atomic E-state index is 14.4. The zero-order chi connectivity index (χ0) is 31.0. The second-order valence-corrected chi connectivity index (χ2v) is 13.1. The van der Waals surface area contributed by atoms with Crippen LogP contribution in [0, 0.1) is 13.8 Å². The van der Waals surface area contributed by atoms with Gasteiger partial charge in [0.1, 0.15) is 18.3 Å². The molecule has 3 aromatic carbocycles. The topological polar surface area (TPSA) is 96.0 Å². The van der Waals surface area contributed by atoms with Crippen LogP contribution in [0.2, 0.25) is 0 Å². The Kier molecular flexibility index (Phi) is 10.9. The highest BCUT2D eigenvalue weighted by molar-refractivity contribution is 7.92. The average Bonchev–Trinajstić information content (AvgIpc) is 3.01. The summed E-state index contributed by atoms with van der Waals surface area (Å²) in [6.45, 7) is 5.36. The second-order valence-electron chi connectivity index (χ2n) is 11.2. The number of ether oxygens (including phenoxy) is 1. The fraction of sp³-hybridized carbons (Fsp3) is 0.412. The molecule has 9 heteroatoms. The molecule has 0 unspecified atom stereocenters. The lowest BCUT2D eigenvalue weighted by atomic mass is 9.95. The average molecular weight is 606 g/mol. The van der Waals surface area contributed by atoms with Gasteiger partial charge in [-0.2, -0.15) is 0 Å². The first-order chi connectivity index (χ1) is 20.6. The molecular formula is C34H43N3O5S. The Morgan fingerprint density at radius 2 is 1.63 bits per heavy atom. The number of aryl methyl sites for hydroxylation is 2. The van der Waals surface area contributed by atoms with Crippen LogP contribution in [0.3, 0.4) is 0 Å². The van der Waals surface area contributed by atoms with Crippen LogP contribution in [0.4, 0.5) is 5.69 Å². The third-order valence-electron chi connectivity index (χ3n) is 8.15. The molecule has 0 aromatic heterocycles. The molecule has 0 radical (unpaired) electrons. The molecule has 2 amide bonds. The second kappa shape index (κ2) is 14.6. The van der Waals surface area contributed by atoms with Crippen molar-refractivity contribution in [3.05, 3.63) is 89.5 Å². The van der Waals surface area contributed by atoms with Gasteiger partial charge in [-0.05, 0) is 74.1 Å². The monoisotopic (exact) mass is 605 g/mol. The van der Waals surface area contributed by atoms with Gasteiger partial charge >= 0.3 is 0 Å². The van der Waals surface area contributed by atoms with Gasteiger partial charge < -0.3 is 15.0 Å². The standard InChI is InChI=1S/C34H43N3O5S/c1-5-30(34(39)35-28-16-8-6-9-17-28)36(23-27-15-13-12-14-26(27)3)33(38)24-37(31-22-25(2)20-21-32(31)42-4)43(40,41)29-18-10-7-11-19-29/h7,10-15,18-22,28,30H,5-6,8-9,16-17,23-24H2,1-4H3,(H,35,39)/t30-/m1/s1. The fourth-order valence-electron chi connectivity index (χ4n) is 5.66. The summed E-state index contributed by atoms with van der Waals surface area (Å²) in [7, 11) is -2.71. The third-order valence-corrected chi connectivity index (χ3v) is 9.93. The van der Waals surface area contributed by atoms with Crippen LogP contribution < -0.4 is 14.4 Å². The smallest absolute Gasteiger partial charge is 0.264 e. The number of benzene rings is 3. The summed E-state index contributed by atoms with van der Waals surface area (Å²) in [4.78, 5) is 29.7. The van der Waals surface area contributed by atoms with E-state index in [1.807, 2.05) is 51.1 Å². The van der Waals surface area contributed by atoms with Gasteiger partial charge in [0.05, 0.1) is 17.7 Å². The molecule has 1 N–H and O–H groups in total. The van der Waals surface area contributed by atoms with Gasteiger partial charge in [0.2, 0.25) is 11.8 Å². The number of amides is 2. The lowest BCUT2D eigenvalue weighted by Gasteiger charge is -2.35. The predicted molar refractivity (Wildman–Crippen MR) is 170 cm³/mol. The molecule has 4 rings (SSSR count). The Labute approximate surface area is 256 Å². The molecule has 0 bridgehead atoms. The van der Waals surface area contributed by atoms with Gasteiger partial charge in [0, 0.05) is 12.6 Å². The third kappa shape index (κ3) is 7.76. The zero-order valence-corrected chi connectivity index (χ0v) is 26.4. The number of sulfonamides is 1. The lowest BCUT2D eigenvalue weighted by molar-refractivity contribution is -0.140. The Balaban J connectivity index is 1.76. The van der Waals surface area contributed by atoms with Crippen molar-refractivity contribution in [3.8, 4) is 5.75 Å². The van der Waals surface area contributed by atoms with Crippen molar-refractivity contribution in [1.29, 1.82) is 0 Å². The van der Waals surface area contributed by atoms with E-state index in [4.69, 9.17) is 4.74 Å². The maximum absolute atomic E-state index is 14.4. The summed E-state index contributed by atoms with van der Waals surface area (Å²) < 4.78 is 34.9. The summed E-state index contributed by atoms with van der Waals surface area (Å²) >= 11 is 0. The lowest BCUT2D eigenvalue weighted by Crippen LogP contribution is -2.54. The summed E-state index contributed by atoms with van der Waals surface area (Å²) in [5, 5.41) is 3.19. The van der Waals surface area contributed by atoms with E-state index in [0.29, 0.717) is 12.2 Å². The molecule has 230 valence electrons. The summed E-state index contributed by atoms with van der Waals surface area (Å²) in [5.74, 6) is -0.357. The summed E-state index contributed by atoms with van der Waals surface area (Å²) in [5.41, 5.74) is 2.95. The molecule has 1 aliphatic rings. The minimum Gasteiger partial charge on any atom is -0.495 e. The highest BCUT2D eigenvalue weighted by Crippen LogP contribution is 2.34. The first-order valence-electron chi connectivity index (χ1n) is 15.0. The van der Waals surface area contributed by atoms with Crippen molar-refractivity contribution < 1.29 is 22.7 Å². The molecule has 0 spiro atoms. The molecule has 1 saturated carbocycles. The molecule has 0 aliphatic heterocycles. The van der Waals surface area contributed by atoms with E-state index in [0.717, 1.165) is 53.1 Å². The summed E-state index contributed by atoms with van der Waals surface area (Å²) in [6.07, 6.45) is 5.52. The number of nitrogens with one attached hydrogen (secondary N) is 1. The molecule has 0 heterocycles. The predicted octanol–water partition coefficient (Wildman–Crippen LogP) is 5.76. The van der Waals surface area contributed by atoms with E-state index in [1.165, 1.54) is 24.1 Å². The molecule has 8 nitrogen and oxygen atoms in total. The largest absolute Gasteiger partial charge is 0.495 e. The van der Waals surface area contributed by atoms with Crippen LogP contribution in [0.25, 0.3) is 0 Å². The number of nitrogens with zero attached hydrogens (tertiary/aromatic N) is 2. The van der Waals surface area contributed by atoms with Gasteiger partial charge in [-0.3, -0.25) is 13.9 Å². The van der Waals surface area contributed by atoms with Crippen LogP contribution in [-0.2, 0) is 26.2 Å². The van der Waals surface area contributed by atoms with Gasteiger partial charge in [-0.15, -0.1) is 0 Å². The number of hydrogen-bond donors (Lipinski definition) is 1. The number of anilines is 1. The first kappa shape index (κ1) is 32.1. The number of methoxy groups -OCH3 is 1. The van der Waals surface area contributed by atoms with Crippen LogP contribution in [-0.4, -0.2) is 50.9 Å². The fourth-order valence-corrected chi connectivity index (χ4v) is 7.10. The van der Waals surface area contributed by atoms with Crippen LogP contribution in [0.15, 0.2) is 77.7 Å². The number of rotatable bonds is 12. The SMILES string of the molecule is CC[C@H](C(=O)NC1CCCCC1)N(Cc1ccccc1C)C(=O)CN(c1cc(C)ccc1OC)S(=O)(=O)c1ccccc1. The highest BCUT2D eigenvalue weighted by Gasteiger charge is 2.35. The van der Waals surface area contributed by atoms with E-state index in [1.54, 1.807) is 30.3 Å². The Bertz CT molecular complexity index is 1500. The molecule has 3 aromatic rings. The minimum absolute atomic E-state index is 0.0545. The first-order valence-corrected chi connectivity index (χ1v) is 16.5. The maximum Gasteiger partial charge on any atom is 0.264 e. The Morgan fingerprint density at radius 1 is 0.953 bits per heavy atom. The van der Waals surface area contributed by atoms with Crippen molar-refractivity contribution in [2.75, 3.05) is 18.0 Å². The van der Waals surface area contributed by atoms with Crippen LogP contribution in [0.5, 0.6) is 5.75 Å². The number of hydrogen-bond acceptors (Lipinski definition) is 5. The van der Waals surface area contributed by atoms with Crippen molar-refractivity contribution in [2.24, 2.45) is 0 Å². The van der Waals surface area contributed by atoms with Crippen LogP contribution in [0.1, 0.15) is 62.1 Å². The summed E-state index contributed by atoms with van der Waals surface area (Å²) in [6, 6.07) is 20.3.